The molecule has 18 heavy (non-hydrogen) atoms. The van der Waals surface area contributed by atoms with Crippen LogP contribution in [0.3, 0.4) is 0 Å². The zero-order chi connectivity index (χ0) is 13.2. The van der Waals surface area contributed by atoms with Crippen LogP contribution < -0.4 is 5.73 Å². The van der Waals surface area contributed by atoms with Crippen molar-refractivity contribution >= 4 is 5.97 Å². The Balaban J connectivity index is 2.27. The molecule has 0 aliphatic carbocycles. The van der Waals surface area contributed by atoms with E-state index in [1.807, 2.05) is 30.3 Å². The van der Waals surface area contributed by atoms with Gasteiger partial charge in [0, 0.05) is 12.1 Å². The van der Waals surface area contributed by atoms with Gasteiger partial charge >= 0.3 is 5.97 Å². The maximum Gasteiger partial charge on any atom is 0.330 e. The molecular formula is C15H21NO2. The van der Waals surface area contributed by atoms with E-state index >= 15 is 0 Å². The molecule has 0 aliphatic rings. The normalized spacial score (nSPS) is 12.6. The number of unbranched alkanes of at least 4 members (excludes halogenated alkanes) is 1. The van der Waals surface area contributed by atoms with Crippen molar-refractivity contribution in [2.45, 2.75) is 38.8 Å². The van der Waals surface area contributed by atoms with Crippen LogP contribution in [0.15, 0.2) is 42.5 Å². The Bertz CT molecular complexity index is 373. The molecule has 98 valence electrons. The van der Waals surface area contributed by atoms with Crippen LogP contribution in [0.4, 0.5) is 0 Å². The summed E-state index contributed by atoms with van der Waals surface area (Å²) in [5, 5.41) is 0. The van der Waals surface area contributed by atoms with Gasteiger partial charge in [0.25, 0.3) is 0 Å². The summed E-state index contributed by atoms with van der Waals surface area (Å²) in [7, 11) is 0. The lowest BCUT2D eigenvalue weighted by atomic mass is 10.1. The molecule has 1 aromatic carbocycles. The van der Waals surface area contributed by atoms with Gasteiger partial charge in [-0.15, -0.1) is 0 Å². The molecule has 0 radical (unpaired) electrons. The van der Waals surface area contributed by atoms with Crippen LogP contribution in [-0.4, -0.2) is 12.0 Å². The Morgan fingerprint density at radius 1 is 1.39 bits per heavy atom. The first-order valence-electron chi connectivity index (χ1n) is 6.37. The molecule has 3 heteroatoms. The summed E-state index contributed by atoms with van der Waals surface area (Å²) < 4.78 is 5.10. The van der Waals surface area contributed by atoms with Crippen LogP contribution >= 0.6 is 0 Å². The molecule has 0 aliphatic heterocycles. The number of benzene rings is 1. The zero-order valence-electron chi connectivity index (χ0n) is 10.8. The van der Waals surface area contributed by atoms with Crippen LogP contribution in [0, 0.1) is 0 Å². The number of carbonyl (C=O) groups excluding carboxylic acids is 1. The third kappa shape index (κ3) is 6.21. The quantitative estimate of drug-likeness (QED) is 0.595. The average Bonchev–Trinajstić information content (AvgIpc) is 2.41. The highest BCUT2D eigenvalue weighted by Gasteiger charge is 2.00. The van der Waals surface area contributed by atoms with Crippen LogP contribution in [0.25, 0.3) is 0 Å². The van der Waals surface area contributed by atoms with Crippen molar-refractivity contribution in [2.75, 3.05) is 0 Å². The van der Waals surface area contributed by atoms with Crippen molar-refractivity contribution in [1.29, 1.82) is 0 Å². The summed E-state index contributed by atoms with van der Waals surface area (Å²) in [5.41, 5.74) is 6.80. The molecule has 0 amide bonds. The Kier molecular flexibility index (Phi) is 6.81. The Morgan fingerprint density at radius 3 is 2.78 bits per heavy atom. The lowest BCUT2D eigenvalue weighted by molar-refractivity contribution is -0.139. The predicted octanol–water partition coefficient (Wildman–Crippen LogP) is 2.80. The molecule has 0 spiro atoms. The Labute approximate surface area is 109 Å². The first-order chi connectivity index (χ1) is 8.72. The largest absolute Gasteiger partial charge is 0.458 e. The minimum absolute atomic E-state index is 0.0609. The summed E-state index contributed by atoms with van der Waals surface area (Å²) in [5.74, 6) is -0.342. The molecule has 1 rings (SSSR count). The molecule has 0 aromatic heterocycles. The monoisotopic (exact) mass is 247 g/mol. The van der Waals surface area contributed by atoms with E-state index in [0.29, 0.717) is 6.61 Å². The van der Waals surface area contributed by atoms with Gasteiger partial charge in [0.15, 0.2) is 0 Å². The van der Waals surface area contributed by atoms with Crippen LogP contribution in [0.1, 0.15) is 31.7 Å². The van der Waals surface area contributed by atoms with Crippen molar-refractivity contribution in [3.8, 4) is 0 Å². The second-order valence-electron chi connectivity index (χ2n) is 4.26. The van der Waals surface area contributed by atoms with Gasteiger partial charge in [0.1, 0.15) is 6.61 Å². The van der Waals surface area contributed by atoms with Gasteiger partial charge < -0.3 is 10.5 Å². The number of rotatable bonds is 7. The van der Waals surface area contributed by atoms with Gasteiger partial charge in [0.05, 0.1) is 0 Å². The summed E-state index contributed by atoms with van der Waals surface area (Å²) >= 11 is 0. The lowest BCUT2D eigenvalue weighted by Crippen LogP contribution is -2.17. The van der Waals surface area contributed by atoms with Crippen LogP contribution in [0.2, 0.25) is 0 Å². The van der Waals surface area contributed by atoms with Crippen molar-refractivity contribution < 1.29 is 9.53 Å². The fourth-order valence-electron chi connectivity index (χ4n) is 1.52. The highest BCUT2D eigenvalue weighted by Crippen LogP contribution is 2.02. The minimum Gasteiger partial charge on any atom is -0.458 e. The molecule has 0 unspecified atom stereocenters. The van der Waals surface area contributed by atoms with E-state index in [2.05, 4.69) is 6.92 Å². The highest BCUT2D eigenvalue weighted by atomic mass is 16.5. The summed E-state index contributed by atoms with van der Waals surface area (Å²) in [4.78, 5) is 11.4. The van der Waals surface area contributed by atoms with Gasteiger partial charge in [-0.25, -0.2) is 4.79 Å². The highest BCUT2D eigenvalue weighted by molar-refractivity contribution is 5.82. The van der Waals surface area contributed by atoms with Gasteiger partial charge in [-0.2, -0.15) is 0 Å². The van der Waals surface area contributed by atoms with E-state index in [-0.39, 0.29) is 12.0 Å². The molecule has 0 heterocycles. The van der Waals surface area contributed by atoms with Crippen molar-refractivity contribution in [2.24, 2.45) is 5.73 Å². The Morgan fingerprint density at radius 2 is 2.11 bits per heavy atom. The predicted molar refractivity (Wildman–Crippen MR) is 72.9 cm³/mol. The van der Waals surface area contributed by atoms with E-state index in [0.717, 1.165) is 24.8 Å². The van der Waals surface area contributed by atoms with Crippen LogP contribution in [-0.2, 0) is 16.1 Å². The lowest BCUT2D eigenvalue weighted by Gasteiger charge is -2.05. The second-order valence-corrected chi connectivity index (χ2v) is 4.26. The first-order valence-corrected chi connectivity index (χ1v) is 6.37. The molecule has 0 saturated heterocycles. The van der Waals surface area contributed by atoms with E-state index in [1.54, 1.807) is 6.08 Å². The molecular weight excluding hydrogens is 226 g/mol. The third-order valence-electron chi connectivity index (χ3n) is 2.59. The Hall–Kier alpha value is -1.61. The smallest absolute Gasteiger partial charge is 0.330 e. The number of hydrogen-bond donors (Lipinski definition) is 1. The summed E-state index contributed by atoms with van der Waals surface area (Å²) in [6.07, 6.45) is 6.22. The molecule has 3 nitrogen and oxygen atoms in total. The standard InChI is InChI=1S/C15H21NO2/c1-2-3-9-14(16)10-11-15(17)18-12-13-7-5-4-6-8-13/h4-8,10-11,14H,2-3,9,12,16H2,1H3/t14-/m0/s1. The molecule has 2 N–H and O–H groups in total. The van der Waals surface area contributed by atoms with E-state index in [1.165, 1.54) is 6.08 Å². The second kappa shape index (κ2) is 8.48. The van der Waals surface area contributed by atoms with Crippen molar-refractivity contribution in [3.63, 3.8) is 0 Å². The topological polar surface area (TPSA) is 52.3 Å². The number of ether oxygens (including phenoxy) is 1. The van der Waals surface area contributed by atoms with Crippen molar-refractivity contribution in [1.82, 2.24) is 0 Å². The molecule has 1 aromatic rings. The zero-order valence-corrected chi connectivity index (χ0v) is 10.8. The number of esters is 1. The average molecular weight is 247 g/mol. The first kappa shape index (κ1) is 14.5. The minimum atomic E-state index is -0.342. The third-order valence-corrected chi connectivity index (χ3v) is 2.59. The van der Waals surface area contributed by atoms with Crippen molar-refractivity contribution in [3.05, 3.63) is 48.0 Å². The summed E-state index contributed by atoms with van der Waals surface area (Å²) in [6.45, 7) is 2.42. The SMILES string of the molecule is CCCC[C@H](N)C=CC(=O)OCc1ccccc1. The van der Waals surface area contributed by atoms with Gasteiger partial charge in [0.2, 0.25) is 0 Å². The number of hydrogen-bond acceptors (Lipinski definition) is 3. The molecule has 0 fully saturated rings. The fraction of sp³-hybridized carbons (Fsp3) is 0.400. The molecule has 0 bridgehead atoms. The fourth-order valence-corrected chi connectivity index (χ4v) is 1.52. The van der Waals surface area contributed by atoms with E-state index < -0.39 is 0 Å². The van der Waals surface area contributed by atoms with Crippen LogP contribution in [0.5, 0.6) is 0 Å². The summed E-state index contributed by atoms with van der Waals surface area (Å²) in [6, 6.07) is 9.54. The van der Waals surface area contributed by atoms with Gasteiger partial charge in [-0.1, -0.05) is 56.2 Å². The maximum absolute atomic E-state index is 11.4. The molecule has 0 saturated carbocycles. The van der Waals surface area contributed by atoms with E-state index in [9.17, 15) is 4.79 Å². The molecule has 1 atom stereocenters. The maximum atomic E-state index is 11.4. The van der Waals surface area contributed by atoms with Gasteiger partial charge in [-0.05, 0) is 12.0 Å². The van der Waals surface area contributed by atoms with Gasteiger partial charge in [-0.3, -0.25) is 0 Å². The number of carbonyl (C=O) groups is 1. The van der Waals surface area contributed by atoms with E-state index in [4.69, 9.17) is 10.5 Å². The number of nitrogens with two attached hydrogens (primary N) is 1.